The van der Waals surface area contributed by atoms with E-state index in [0.29, 0.717) is 5.56 Å². The van der Waals surface area contributed by atoms with Gasteiger partial charge in [0.15, 0.2) is 0 Å². The van der Waals surface area contributed by atoms with Gasteiger partial charge in [0.2, 0.25) is 0 Å². The molecular weight excluding hydrogens is 242 g/mol. The Morgan fingerprint density at radius 2 is 2.21 bits per heavy atom. The van der Waals surface area contributed by atoms with Gasteiger partial charge in [-0.15, -0.1) is 0 Å². The summed E-state index contributed by atoms with van der Waals surface area (Å²) in [6.07, 6.45) is 2.64. The van der Waals surface area contributed by atoms with Crippen LogP contribution < -0.4 is 10.2 Å². The fourth-order valence-electron chi connectivity index (χ4n) is 1.76. The molecule has 5 heteroatoms. The second kappa shape index (κ2) is 7.74. The van der Waals surface area contributed by atoms with Crippen molar-refractivity contribution in [3.8, 4) is 0 Å². The highest BCUT2D eigenvalue weighted by Gasteiger charge is 2.10. The number of nitrogens with one attached hydrogen (secondary N) is 1. The lowest BCUT2D eigenvalue weighted by Gasteiger charge is -2.21. The second-order valence-corrected chi connectivity index (χ2v) is 4.54. The van der Waals surface area contributed by atoms with Crippen LogP contribution in [0.5, 0.6) is 0 Å². The van der Waals surface area contributed by atoms with Gasteiger partial charge in [-0.2, -0.15) is 0 Å². The number of amides is 1. The lowest BCUT2D eigenvalue weighted by molar-refractivity contribution is 0.0922. The largest absolute Gasteiger partial charge is 0.394 e. The molecule has 1 rings (SSSR count). The van der Waals surface area contributed by atoms with E-state index in [1.165, 1.54) is 0 Å². The number of aromatic nitrogens is 1. The number of aliphatic hydroxyl groups excluding tert-OH is 1. The Bertz CT molecular complexity index is 392. The molecule has 1 heterocycles. The van der Waals surface area contributed by atoms with Crippen molar-refractivity contribution in [1.29, 1.82) is 0 Å². The van der Waals surface area contributed by atoms with E-state index in [-0.39, 0.29) is 18.6 Å². The minimum absolute atomic E-state index is 0.0721. The average Bonchev–Trinajstić information content (AvgIpc) is 2.44. The summed E-state index contributed by atoms with van der Waals surface area (Å²) in [6.45, 7) is 7.74. The molecule has 1 amide bonds. The number of carbonyl (C=O) groups excluding carboxylic acids is 1. The summed E-state index contributed by atoms with van der Waals surface area (Å²) < 4.78 is 0. The number of hydrogen-bond donors (Lipinski definition) is 2. The summed E-state index contributed by atoms with van der Waals surface area (Å²) in [7, 11) is 0. The van der Waals surface area contributed by atoms with Gasteiger partial charge in [0.25, 0.3) is 5.91 Å². The Morgan fingerprint density at radius 3 is 2.68 bits per heavy atom. The van der Waals surface area contributed by atoms with Crippen LogP contribution in [0.1, 0.15) is 37.6 Å². The van der Waals surface area contributed by atoms with Crippen LogP contribution in [0.15, 0.2) is 18.3 Å². The smallest absolute Gasteiger partial charge is 0.253 e. The first kappa shape index (κ1) is 15.4. The zero-order valence-corrected chi connectivity index (χ0v) is 11.9. The summed E-state index contributed by atoms with van der Waals surface area (Å²) in [4.78, 5) is 18.3. The number of pyridine rings is 1. The van der Waals surface area contributed by atoms with Crippen LogP contribution in [0.2, 0.25) is 0 Å². The van der Waals surface area contributed by atoms with Crippen LogP contribution in [0, 0.1) is 0 Å². The van der Waals surface area contributed by atoms with Gasteiger partial charge in [-0.05, 0) is 32.4 Å². The first-order valence-electron chi connectivity index (χ1n) is 6.75. The van der Waals surface area contributed by atoms with E-state index in [4.69, 9.17) is 5.11 Å². The van der Waals surface area contributed by atoms with Crippen LogP contribution in [-0.2, 0) is 0 Å². The van der Waals surface area contributed by atoms with Crippen LogP contribution in [0.25, 0.3) is 0 Å². The van der Waals surface area contributed by atoms with Gasteiger partial charge in [0.05, 0.1) is 12.2 Å². The van der Waals surface area contributed by atoms with Gasteiger partial charge < -0.3 is 15.3 Å². The van der Waals surface area contributed by atoms with Crippen molar-refractivity contribution in [2.75, 3.05) is 24.6 Å². The number of aliphatic hydroxyl groups is 1. The van der Waals surface area contributed by atoms with Crippen molar-refractivity contribution >= 4 is 11.7 Å². The number of hydrogen-bond acceptors (Lipinski definition) is 4. The van der Waals surface area contributed by atoms with E-state index in [9.17, 15) is 4.79 Å². The lowest BCUT2D eigenvalue weighted by Crippen LogP contribution is -2.35. The maximum absolute atomic E-state index is 11.8. The van der Waals surface area contributed by atoms with Gasteiger partial charge in [-0.1, -0.05) is 6.92 Å². The highest BCUT2D eigenvalue weighted by molar-refractivity contribution is 5.94. The van der Waals surface area contributed by atoms with Crippen molar-refractivity contribution in [2.45, 2.75) is 33.2 Å². The lowest BCUT2D eigenvalue weighted by atomic mass is 10.2. The Labute approximate surface area is 114 Å². The van der Waals surface area contributed by atoms with Crippen LogP contribution in [-0.4, -0.2) is 41.7 Å². The van der Waals surface area contributed by atoms with Crippen molar-refractivity contribution in [3.05, 3.63) is 23.9 Å². The first-order chi connectivity index (χ1) is 9.12. The molecule has 0 bridgehead atoms. The molecule has 1 atom stereocenters. The van der Waals surface area contributed by atoms with E-state index in [2.05, 4.69) is 29.0 Å². The van der Waals surface area contributed by atoms with Crippen LogP contribution in [0.4, 0.5) is 5.82 Å². The molecule has 0 fully saturated rings. The Balaban J connectivity index is 2.72. The number of rotatable bonds is 7. The van der Waals surface area contributed by atoms with Crippen molar-refractivity contribution in [1.82, 2.24) is 10.3 Å². The van der Waals surface area contributed by atoms with Crippen molar-refractivity contribution in [3.63, 3.8) is 0 Å². The van der Waals surface area contributed by atoms with Crippen LogP contribution in [0.3, 0.4) is 0 Å². The Morgan fingerprint density at radius 1 is 1.47 bits per heavy atom. The topological polar surface area (TPSA) is 65.5 Å². The molecule has 1 aromatic rings. The normalized spacial score (nSPS) is 12.0. The maximum atomic E-state index is 11.8. The molecule has 0 saturated heterocycles. The monoisotopic (exact) mass is 265 g/mol. The predicted octanol–water partition coefficient (Wildman–Crippen LogP) is 1.43. The van der Waals surface area contributed by atoms with Gasteiger partial charge in [-0.3, -0.25) is 4.79 Å². The van der Waals surface area contributed by atoms with Gasteiger partial charge >= 0.3 is 0 Å². The van der Waals surface area contributed by atoms with E-state index in [1.807, 2.05) is 6.07 Å². The fourth-order valence-corrected chi connectivity index (χ4v) is 1.76. The van der Waals surface area contributed by atoms with Crippen LogP contribution >= 0.6 is 0 Å². The summed E-state index contributed by atoms with van der Waals surface area (Å²) in [5.41, 5.74) is 0.511. The molecular formula is C14H23N3O2. The fraction of sp³-hybridized carbons (Fsp3) is 0.571. The minimum Gasteiger partial charge on any atom is -0.394 e. The standard InChI is InChI=1S/C14H23N3O2/c1-4-8-17(5-2)13-7-6-12(9-15-13)14(19)16-11(3)10-18/h6-7,9,11,18H,4-5,8,10H2,1-3H3,(H,16,19). The Kier molecular flexibility index (Phi) is 6.29. The molecule has 19 heavy (non-hydrogen) atoms. The minimum atomic E-state index is -0.251. The molecule has 0 saturated carbocycles. The highest BCUT2D eigenvalue weighted by Crippen LogP contribution is 2.11. The second-order valence-electron chi connectivity index (χ2n) is 4.54. The molecule has 2 N–H and O–H groups in total. The predicted molar refractivity (Wildman–Crippen MR) is 76.4 cm³/mol. The zero-order chi connectivity index (χ0) is 14.3. The van der Waals surface area contributed by atoms with Gasteiger partial charge in [0.1, 0.15) is 5.82 Å². The molecule has 1 unspecified atom stereocenters. The third kappa shape index (κ3) is 4.52. The molecule has 0 aliphatic rings. The number of anilines is 1. The van der Waals surface area contributed by atoms with E-state index in [0.717, 1.165) is 25.3 Å². The van der Waals surface area contributed by atoms with E-state index >= 15 is 0 Å². The third-order valence-corrected chi connectivity index (χ3v) is 2.86. The molecule has 0 aliphatic carbocycles. The Hall–Kier alpha value is -1.62. The SMILES string of the molecule is CCCN(CC)c1ccc(C(=O)NC(C)CO)cn1. The van der Waals surface area contributed by atoms with Gasteiger partial charge in [-0.25, -0.2) is 4.98 Å². The molecule has 0 spiro atoms. The summed E-state index contributed by atoms with van der Waals surface area (Å²) in [5, 5.41) is 11.6. The summed E-state index contributed by atoms with van der Waals surface area (Å²) in [6, 6.07) is 3.37. The molecule has 1 aromatic heterocycles. The quantitative estimate of drug-likeness (QED) is 0.782. The van der Waals surface area contributed by atoms with E-state index in [1.54, 1.807) is 19.2 Å². The summed E-state index contributed by atoms with van der Waals surface area (Å²) >= 11 is 0. The molecule has 0 aromatic carbocycles. The maximum Gasteiger partial charge on any atom is 0.253 e. The van der Waals surface area contributed by atoms with E-state index < -0.39 is 0 Å². The molecule has 0 aliphatic heterocycles. The summed E-state index contributed by atoms with van der Waals surface area (Å²) in [5.74, 6) is 0.676. The van der Waals surface area contributed by atoms with Crippen molar-refractivity contribution < 1.29 is 9.90 Å². The molecule has 106 valence electrons. The van der Waals surface area contributed by atoms with Gasteiger partial charge in [0, 0.05) is 25.3 Å². The molecule has 5 nitrogen and oxygen atoms in total. The highest BCUT2D eigenvalue weighted by atomic mass is 16.3. The number of nitrogens with zero attached hydrogens (tertiary/aromatic N) is 2. The zero-order valence-electron chi connectivity index (χ0n) is 11.9. The number of carbonyl (C=O) groups is 1. The first-order valence-corrected chi connectivity index (χ1v) is 6.75. The average molecular weight is 265 g/mol. The molecule has 0 radical (unpaired) electrons. The third-order valence-electron chi connectivity index (χ3n) is 2.86. The van der Waals surface area contributed by atoms with Crippen molar-refractivity contribution in [2.24, 2.45) is 0 Å².